The number of halogens is 20. The minimum absolute atomic E-state index is 0.742. The van der Waals surface area contributed by atoms with Gasteiger partial charge in [-0.25, -0.2) is 92.6 Å². The van der Waals surface area contributed by atoms with Gasteiger partial charge in [0.05, 0.1) is 5.39 Å². The Morgan fingerprint density at radius 1 is 0.353 bits per heavy atom. The molecule has 68 heavy (non-hydrogen) atoms. The fourth-order valence-corrected chi connectivity index (χ4v) is 8.40. The number of rotatable bonds is 7. The Morgan fingerprint density at radius 2 is 0.662 bits per heavy atom. The molecule has 2 nitrogen and oxygen atoms in total. The molecular weight excluding hydrogens is 961 g/mol. The highest BCUT2D eigenvalue weighted by Gasteiger charge is 2.52. The average molecular weight is 983 g/mol. The van der Waals surface area contributed by atoms with Gasteiger partial charge in [-0.15, -0.1) is 21.9 Å². The Kier molecular flexibility index (Phi) is 13.5. The molecule has 356 valence electrons. The van der Waals surface area contributed by atoms with Crippen LogP contribution in [0.4, 0.5) is 87.8 Å². The molecule has 0 unspecified atom stereocenters. The molecule has 0 spiro atoms. The number of aromatic nitrogens is 1. The molecule has 1 saturated carbocycles. The highest BCUT2D eigenvalue weighted by molar-refractivity contribution is 7.20. The zero-order valence-electron chi connectivity index (χ0n) is 33.5. The van der Waals surface area contributed by atoms with E-state index in [4.69, 9.17) is 4.84 Å². The summed E-state index contributed by atoms with van der Waals surface area (Å²) in [4.78, 5) is 5.95. The highest BCUT2D eigenvalue weighted by Crippen LogP contribution is 2.34. The molecule has 0 radical (unpaired) electrons. The van der Waals surface area contributed by atoms with Crippen LogP contribution in [0.25, 0.3) is 10.8 Å². The second kappa shape index (κ2) is 18.7. The van der Waals surface area contributed by atoms with Gasteiger partial charge in [-0.3, -0.25) is 0 Å². The van der Waals surface area contributed by atoms with E-state index in [1.54, 1.807) is 4.73 Å². The lowest BCUT2D eigenvalue weighted by molar-refractivity contribution is -0.874. The predicted molar refractivity (Wildman–Crippen MR) is 202 cm³/mol. The van der Waals surface area contributed by atoms with Gasteiger partial charge >= 0.3 is 0 Å². The number of benzene rings is 6. The first-order valence-electron chi connectivity index (χ1n) is 19.5. The summed E-state index contributed by atoms with van der Waals surface area (Å²) in [5, 5.41) is 2.40. The molecule has 1 heterocycles. The van der Waals surface area contributed by atoms with Crippen molar-refractivity contribution < 1.29 is 97.4 Å². The molecule has 1 fully saturated rings. The van der Waals surface area contributed by atoms with Crippen LogP contribution in [0, 0.1) is 116 Å². The molecule has 8 rings (SSSR count). The van der Waals surface area contributed by atoms with Crippen LogP contribution in [0.3, 0.4) is 0 Å². The highest BCUT2D eigenvalue weighted by atomic mass is 19.2. The third kappa shape index (κ3) is 7.91. The zero-order valence-corrected chi connectivity index (χ0v) is 33.5. The average Bonchev–Trinajstić information content (AvgIpc) is 3.34. The quantitative estimate of drug-likeness (QED) is 0.0510. The number of fused-ring (bicyclic) bond motifs is 1. The molecule has 23 heteroatoms. The van der Waals surface area contributed by atoms with E-state index in [2.05, 4.69) is 48.5 Å². The number of hydrogen-bond donors (Lipinski definition) is 0. The van der Waals surface area contributed by atoms with E-state index in [-0.39, 0.29) is 0 Å². The summed E-state index contributed by atoms with van der Waals surface area (Å²) in [6, 6.07) is 19.0. The molecule has 0 N–H and O–H groups in total. The maximum absolute atomic E-state index is 15.4. The van der Waals surface area contributed by atoms with Crippen LogP contribution < -0.4 is 31.4 Å². The number of hydrogen-bond acceptors (Lipinski definition) is 1. The van der Waals surface area contributed by atoms with Crippen molar-refractivity contribution in [1.29, 1.82) is 0 Å². The van der Waals surface area contributed by atoms with E-state index in [0.717, 1.165) is 11.7 Å². The lowest BCUT2D eigenvalue weighted by Gasteiger charge is -2.44. The van der Waals surface area contributed by atoms with Crippen molar-refractivity contribution in [3.63, 3.8) is 0 Å². The largest absolute Gasteiger partial charge is 0.232 e. The lowest BCUT2D eigenvalue weighted by atomic mass is 9.12. The van der Waals surface area contributed by atoms with Gasteiger partial charge in [-0.1, -0.05) is 49.6 Å². The van der Waals surface area contributed by atoms with Gasteiger partial charge in [0, 0.05) is 10.8 Å². The summed E-state index contributed by atoms with van der Waals surface area (Å²) in [5.74, 6) is -69.8. The Labute approximate surface area is 368 Å². The van der Waals surface area contributed by atoms with E-state index in [1.807, 2.05) is 18.5 Å². The second-order valence-electron chi connectivity index (χ2n) is 15.2. The van der Waals surface area contributed by atoms with Crippen LogP contribution in [0.5, 0.6) is 5.75 Å². The molecule has 0 saturated heterocycles. The molecule has 1 aromatic heterocycles. The third-order valence-corrected chi connectivity index (χ3v) is 11.5. The van der Waals surface area contributed by atoms with Crippen molar-refractivity contribution in [3.8, 4) is 5.75 Å². The van der Waals surface area contributed by atoms with Gasteiger partial charge < -0.3 is 0 Å². The normalized spacial score (nSPS) is 13.2. The van der Waals surface area contributed by atoms with Gasteiger partial charge in [0.15, 0.2) is 69.8 Å². The minimum atomic E-state index is -7.22. The summed E-state index contributed by atoms with van der Waals surface area (Å²) >= 11 is 0. The van der Waals surface area contributed by atoms with Crippen molar-refractivity contribution in [1.82, 2.24) is 0 Å². The second-order valence-corrected chi connectivity index (χ2v) is 15.2. The van der Waals surface area contributed by atoms with Crippen LogP contribution in [-0.4, -0.2) is 6.15 Å². The standard InChI is InChI=1S/C24BF20.C21H22NO/c26-5-1(6(27)14(35)21(42)13(5)34)25(2-7(28)15(36)22(43)16(37)8(2)29,3-9(30)17(38)23(44)18(39)10(3)31)4-11(32)19(40)24(45)20(41)12(4)33;1-2-6-17(7-3-1)19-10-12-21(13-11-19)23-22-15-14-18-8-4-5-9-20(18)16-22/h;4-5,8-17H,1-3,6-7H2/q-1;+1. The molecular formula is C45H22BF20NO. The topological polar surface area (TPSA) is 13.1 Å². The molecule has 7 aromatic rings. The zero-order chi connectivity index (χ0) is 49.8. The van der Waals surface area contributed by atoms with E-state index >= 15 is 35.1 Å². The third-order valence-electron chi connectivity index (χ3n) is 11.5. The summed E-state index contributed by atoms with van der Waals surface area (Å²) < 4.78 is 296. The Hall–Kier alpha value is -6.81. The molecule has 0 atom stereocenters. The summed E-state index contributed by atoms with van der Waals surface area (Å²) in [6.45, 7) is 0. The van der Waals surface area contributed by atoms with Crippen molar-refractivity contribution in [3.05, 3.63) is 189 Å². The van der Waals surface area contributed by atoms with Crippen LogP contribution in [0.15, 0.2) is 67.0 Å². The first-order valence-corrected chi connectivity index (χ1v) is 19.5. The fraction of sp³-hybridized carbons (Fsp3) is 0.133. The first-order chi connectivity index (χ1) is 32.1. The molecule has 0 amide bonds. The van der Waals surface area contributed by atoms with Crippen LogP contribution in [0.1, 0.15) is 43.6 Å². The monoisotopic (exact) mass is 983 g/mol. The fourth-order valence-electron chi connectivity index (χ4n) is 8.40. The summed E-state index contributed by atoms with van der Waals surface area (Å²) in [6.07, 6.45) is 3.56. The van der Waals surface area contributed by atoms with Gasteiger partial charge in [-0.2, -0.15) is 0 Å². The number of nitrogens with zero attached hydrogens (tertiary/aromatic N) is 1. The lowest BCUT2D eigenvalue weighted by Crippen LogP contribution is -2.81. The van der Waals surface area contributed by atoms with Crippen molar-refractivity contribution in [2.75, 3.05) is 0 Å². The van der Waals surface area contributed by atoms with E-state index in [9.17, 15) is 52.7 Å². The van der Waals surface area contributed by atoms with Crippen molar-refractivity contribution >= 4 is 38.8 Å². The molecule has 1 aliphatic carbocycles. The van der Waals surface area contributed by atoms with Gasteiger partial charge in [0.1, 0.15) is 52.7 Å². The smallest absolute Gasteiger partial charge is 0.230 e. The van der Waals surface area contributed by atoms with E-state index in [0.29, 0.717) is 0 Å². The minimum Gasteiger partial charge on any atom is -0.232 e. The van der Waals surface area contributed by atoms with E-state index in [1.165, 1.54) is 48.4 Å². The van der Waals surface area contributed by atoms with Gasteiger partial charge in [0.25, 0.3) is 0 Å². The predicted octanol–water partition coefficient (Wildman–Crippen LogP) is 10.9. The Balaban J connectivity index is 0.000000246. The molecule has 0 aliphatic heterocycles. The van der Waals surface area contributed by atoms with E-state index < -0.39 is 144 Å². The summed E-state index contributed by atoms with van der Waals surface area (Å²) in [7, 11) is 0. The molecule has 1 aliphatic rings. The Bertz CT molecular complexity index is 2760. The maximum atomic E-state index is 15.4. The number of pyridine rings is 1. The van der Waals surface area contributed by atoms with Crippen LogP contribution >= 0.6 is 0 Å². The van der Waals surface area contributed by atoms with Crippen LogP contribution in [-0.2, 0) is 0 Å². The molecule has 0 bridgehead atoms. The van der Waals surface area contributed by atoms with Crippen molar-refractivity contribution in [2.45, 2.75) is 38.0 Å². The Morgan fingerprint density at radius 3 is 1.00 bits per heavy atom. The van der Waals surface area contributed by atoms with Gasteiger partial charge in [-0.05, 0) is 47.9 Å². The van der Waals surface area contributed by atoms with Crippen molar-refractivity contribution in [2.24, 2.45) is 0 Å². The van der Waals surface area contributed by atoms with Crippen LogP contribution in [0.2, 0.25) is 0 Å². The first kappa shape index (κ1) is 49.1. The maximum Gasteiger partial charge on any atom is 0.230 e. The molecule has 6 aromatic carbocycles. The SMILES string of the molecule is Fc1c(F)c(F)c([B-](c2c(F)c(F)c(F)c(F)c2F)(c2c(F)c(F)c(F)c(F)c2F)c2c(F)c(F)c(F)c(F)c2F)c(F)c1F.c1ccc2c[n+](Oc3ccc(C4CCCCC4)cc3)ccc2c1. The summed E-state index contributed by atoms with van der Waals surface area (Å²) in [5.41, 5.74) is -12.9. The van der Waals surface area contributed by atoms with Gasteiger partial charge in [0.2, 0.25) is 18.1 Å².